The van der Waals surface area contributed by atoms with Crippen LogP contribution in [0.15, 0.2) is 60.7 Å². The van der Waals surface area contributed by atoms with Crippen LogP contribution in [0.4, 0.5) is 0 Å². The van der Waals surface area contributed by atoms with Crippen LogP contribution in [0, 0.1) is 47.8 Å². The van der Waals surface area contributed by atoms with Gasteiger partial charge >= 0.3 is 0 Å². The first-order valence-corrected chi connectivity index (χ1v) is 10.3. The first-order valence-electron chi connectivity index (χ1n) is 10.3. The van der Waals surface area contributed by atoms with E-state index in [-0.39, 0.29) is 0 Å². The number of aryl methyl sites for hydroxylation is 2. The van der Waals surface area contributed by atoms with Crippen LogP contribution in [0.1, 0.15) is 28.1 Å². The Morgan fingerprint density at radius 3 is 1.76 bits per heavy atom. The van der Waals surface area contributed by atoms with Crippen LogP contribution in [-0.2, 0) is 0 Å². The van der Waals surface area contributed by atoms with Gasteiger partial charge < -0.3 is 4.57 Å². The summed E-state index contributed by atoms with van der Waals surface area (Å²) in [5, 5.41) is 30.8. The lowest BCUT2D eigenvalue weighted by Crippen LogP contribution is -2.00. The summed E-state index contributed by atoms with van der Waals surface area (Å²) in [6, 6.07) is 25.0. The number of nitriles is 3. The van der Waals surface area contributed by atoms with E-state index in [2.05, 4.69) is 28.2 Å². The summed E-state index contributed by atoms with van der Waals surface area (Å²) in [6.07, 6.45) is 0. The third kappa shape index (κ3) is 3.26. The molecule has 0 amide bonds. The van der Waals surface area contributed by atoms with Crippen LogP contribution < -0.4 is 0 Å². The van der Waals surface area contributed by atoms with Crippen LogP contribution in [0.5, 0.6) is 0 Å². The van der Waals surface area contributed by atoms with E-state index in [1.165, 1.54) is 0 Å². The molecule has 2 aromatic heterocycles. The van der Waals surface area contributed by atoms with E-state index >= 15 is 0 Å². The van der Waals surface area contributed by atoms with Gasteiger partial charge in [-0.15, -0.1) is 0 Å². The second kappa shape index (κ2) is 7.61. The second-order valence-electron chi connectivity index (χ2n) is 7.84. The van der Waals surface area contributed by atoms with Crippen molar-refractivity contribution in [3.05, 3.63) is 88.7 Å². The smallest absolute Gasteiger partial charge is 0.159 e. The number of benzene rings is 3. The minimum Gasteiger partial charge on any atom is -0.308 e. The number of hydrogen-bond donors (Lipinski definition) is 0. The van der Waals surface area contributed by atoms with Gasteiger partial charge in [0.1, 0.15) is 6.07 Å². The lowest BCUT2D eigenvalue weighted by Gasteiger charge is -2.12. The zero-order valence-electron chi connectivity index (χ0n) is 18.0. The van der Waals surface area contributed by atoms with Crippen molar-refractivity contribution in [3.8, 4) is 35.3 Å². The van der Waals surface area contributed by atoms with Crippen LogP contribution in [0.25, 0.3) is 38.9 Å². The highest BCUT2D eigenvalue weighted by Crippen LogP contribution is 2.35. The van der Waals surface area contributed by atoms with Crippen molar-refractivity contribution in [3.63, 3.8) is 0 Å². The molecular weight excluding hydrogens is 408 g/mol. The molecule has 0 fully saturated rings. The Balaban J connectivity index is 1.90. The Kier molecular flexibility index (Phi) is 4.60. The first-order chi connectivity index (χ1) is 16.0. The Labute approximate surface area is 190 Å². The summed E-state index contributed by atoms with van der Waals surface area (Å²) < 4.78 is 1.94. The SMILES string of the molecule is Cc1cc(C)nc(-c2ccc(C#N)c(-n3c4cc(C#N)ccc4c4ccc(C#N)cc43)c2)n1. The largest absolute Gasteiger partial charge is 0.308 e. The molecular formula is C27H16N6. The highest BCUT2D eigenvalue weighted by molar-refractivity contribution is 6.10. The van der Waals surface area contributed by atoms with Gasteiger partial charge in [0.15, 0.2) is 5.82 Å². The molecule has 0 unspecified atom stereocenters. The van der Waals surface area contributed by atoms with Gasteiger partial charge in [-0.1, -0.05) is 12.1 Å². The van der Waals surface area contributed by atoms with Crippen LogP contribution in [0.2, 0.25) is 0 Å². The molecule has 0 atom stereocenters. The van der Waals surface area contributed by atoms with Crippen molar-refractivity contribution in [2.24, 2.45) is 0 Å². The van der Waals surface area contributed by atoms with Gasteiger partial charge in [0.2, 0.25) is 0 Å². The molecule has 2 heterocycles. The van der Waals surface area contributed by atoms with E-state index in [4.69, 9.17) is 0 Å². The normalized spacial score (nSPS) is 10.6. The number of nitrogens with zero attached hydrogens (tertiary/aromatic N) is 6. The zero-order chi connectivity index (χ0) is 23.1. The quantitative estimate of drug-likeness (QED) is 0.374. The molecule has 0 aliphatic carbocycles. The second-order valence-corrected chi connectivity index (χ2v) is 7.84. The molecule has 0 saturated heterocycles. The van der Waals surface area contributed by atoms with E-state index in [1.807, 2.05) is 60.9 Å². The zero-order valence-corrected chi connectivity index (χ0v) is 18.0. The van der Waals surface area contributed by atoms with E-state index in [1.54, 1.807) is 18.2 Å². The lowest BCUT2D eigenvalue weighted by molar-refractivity contribution is 1.06. The summed E-state index contributed by atoms with van der Waals surface area (Å²) in [4.78, 5) is 9.14. The molecule has 0 bridgehead atoms. The molecule has 0 radical (unpaired) electrons. The Bertz CT molecular complexity index is 1630. The monoisotopic (exact) mass is 424 g/mol. The highest BCUT2D eigenvalue weighted by Gasteiger charge is 2.17. The lowest BCUT2D eigenvalue weighted by atomic mass is 10.1. The molecule has 6 nitrogen and oxygen atoms in total. The molecule has 0 N–H and O–H groups in total. The fourth-order valence-corrected chi connectivity index (χ4v) is 4.22. The molecule has 0 saturated carbocycles. The number of aromatic nitrogens is 3. The molecule has 0 aliphatic heterocycles. The van der Waals surface area contributed by atoms with Gasteiger partial charge in [0.05, 0.1) is 45.5 Å². The van der Waals surface area contributed by atoms with Crippen molar-refractivity contribution in [2.45, 2.75) is 13.8 Å². The Morgan fingerprint density at radius 1 is 0.667 bits per heavy atom. The van der Waals surface area contributed by atoms with Gasteiger partial charge in [-0.2, -0.15) is 15.8 Å². The van der Waals surface area contributed by atoms with E-state index in [0.717, 1.165) is 38.8 Å². The highest BCUT2D eigenvalue weighted by atomic mass is 15.0. The third-order valence-corrected chi connectivity index (χ3v) is 5.63. The van der Waals surface area contributed by atoms with Crippen LogP contribution in [-0.4, -0.2) is 14.5 Å². The average Bonchev–Trinajstić information content (AvgIpc) is 3.15. The summed E-state index contributed by atoms with van der Waals surface area (Å²) in [5.74, 6) is 0.578. The maximum absolute atomic E-state index is 9.91. The number of rotatable bonds is 2. The van der Waals surface area contributed by atoms with Gasteiger partial charge in [0, 0.05) is 27.7 Å². The van der Waals surface area contributed by atoms with E-state index in [0.29, 0.717) is 28.2 Å². The molecule has 3 aromatic carbocycles. The van der Waals surface area contributed by atoms with Crippen molar-refractivity contribution in [1.29, 1.82) is 15.8 Å². The average molecular weight is 424 g/mol. The van der Waals surface area contributed by atoms with E-state index < -0.39 is 0 Å². The van der Waals surface area contributed by atoms with Crippen LogP contribution in [0.3, 0.4) is 0 Å². The van der Waals surface area contributed by atoms with Gasteiger partial charge in [-0.25, -0.2) is 9.97 Å². The van der Waals surface area contributed by atoms with Crippen molar-refractivity contribution in [1.82, 2.24) is 14.5 Å². The topological polar surface area (TPSA) is 102 Å². The van der Waals surface area contributed by atoms with Crippen LogP contribution >= 0.6 is 0 Å². The summed E-state index contributed by atoms with van der Waals surface area (Å²) in [7, 11) is 0. The van der Waals surface area contributed by atoms with Gasteiger partial charge in [0.25, 0.3) is 0 Å². The predicted octanol–water partition coefficient (Wildman–Crippen LogP) is 5.47. The van der Waals surface area contributed by atoms with Gasteiger partial charge in [-0.05, 0) is 62.4 Å². The maximum Gasteiger partial charge on any atom is 0.159 e. The molecule has 6 heteroatoms. The maximum atomic E-state index is 9.91. The summed E-state index contributed by atoms with van der Waals surface area (Å²) in [5.41, 5.74) is 6.20. The van der Waals surface area contributed by atoms with Gasteiger partial charge in [-0.3, -0.25) is 0 Å². The minimum absolute atomic E-state index is 0.464. The summed E-state index contributed by atoms with van der Waals surface area (Å²) in [6.45, 7) is 3.84. The molecule has 5 aromatic rings. The molecule has 0 spiro atoms. The minimum atomic E-state index is 0.464. The Morgan fingerprint density at radius 2 is 1.24 bits per heavy atom. The Hall–Kier alpha value is -4.99. The van der Waals surface area contributed by atoms with E-state index in [9.17, 15) is 15.8 Å². The van der Waals surface area contributed by atoms with Crippen molar-refractivity contribution in [2.75, 3.05) is 0 Å². The fraction of sp³-hybridized carbons (Fsp3) is 0.0741. The van der Waals surface area contributed by atoms with Crippen molar-refractivity contribution < 1.29 is 0 Å². The third-order valence-electron chi connectivity index (χ3n) is 5.63. The number of hydrogen-bond acceptors (Lipinski definition) is 5. The summed E-state index contributed by atoms with van der Waals surface area (Å²) >= 11 is 0. The van der Waals surface area contributed by atoms with Crippen molar-refractivity contribution >= 4 is 21.8 Å². The molecule has 33 heavy (non-hydrogen) atoms. The molecule has 0 aliphatic rings. The standard InChI is InChI=1S/C27H16N6/c1-16-9-17(2)32-27(31-16)20-5-6-21(15-30)24(12-20)33-25-10-18(13-28)3-7-22(25)23-8-4-19(14-29)11-26(23)33/h3-12H,1-2H3. The fourth-order valence-electron chi connectivity index (χ4n) is 4.22. The predicted molar refractivity (Wildman–Crippen MR) is 125 cm³/mol. The first kappa shape index (κ1) is 19.9. The molecule has 5 rings (SSSR count). The molecule has 154 valence electrons. The number of fused-ring (bicyclic) bond motifs is 3.